The van der Waals surface area contributed by atoms with E-state index in [0.717, 1.165) is 17.9 Å². The van der Waals surface area contributed by atoms with E-state index in [2.05, 4.69) is 11.7 Å². The molecular formula is C18H17Cl2FN2O4S. The SMILES string of the molecule is C=NC1=C(/C=C(\C)F)CS(=O)(=O)C(c2ccc(Cl)c(N(C)C(C)=O)c2Cl)=C1O. The molecule has 0 atom stereocenters. The molecule has 1 amide bonds. The second kappa shape index (κ2) is 8.06. The first-order valence-corrected chi connectivity index (χ1v) is 10.3. The number of anilines is 1. The molecule has 0 radical (unpaired) electrons. The maximum Gasteiger partial charge on any atom is 0.223 e. The first-order chi connectivity index (χ1) is 12.9. The number of aliphatic hydroxyl groups is 1. The number of carbonyl (C=O) groups is 1. The van der Waals surface area contributed by atoms with Crippen LogP contribution in [0.3, 0.4) is 0 Å². The Balaban J connectivity index is 2.88. The van der Waals surface area contributed by atoms with Crippen molar-refractivity contribution >= 4 is 56.3 Å². The Morgan fingerprint density at radius 2 is 1.96 bits per heavy atom. The second-order valence-electron chi connectivity index (χ2n) is 6.04. The quantitative estimate of drug-likeness (QED) is 0.691. The molecule has 0 saturated carbocycles. The molecule has 1 heterocycles. The second-order valence-corrected chi connectivity index (χ2v) is 8.75. The maximum absolute atomic E-state index is 13.3. The molecule has 1 aliphatic heterocycles. The average molecular weight is 447 g/mol. The molecule has 2 rings (SSSR count). The molecule has 1 aromatic carbocycles. The van der Waals surface area contributed by atoms with Gasteiger partial charge in [0, 0.05) is 19.5 Å². The van der Waals surface area contributed by atoms with Gasteiger partial charge in [-0.05, 0) is 31.4 Å². The van der Waals surface area contributed by atoms with E-state index in [1.807, 2.05) is 0 Å². The number of nitrogens with zero attached hydrogens (tertiary/aromatic N) is 2. The lowest BCUT2D eigenvalue weighted by Gasteiger charge is -2.24. The highest BCUT2D eigenvalue weighted by Gasteiger charge is 2.35. The first-order valence-electron chi connectivity index (χ1n) is 7.85. The summed E-state index contributed by atoms with van der Waals surface area (Å²) in [6.45, 7) is 5.74. The molecule has 0 saturated heterocycles. The standard InChI is InChI=1S/C18H17Cl2FN2O4S/c1-9(21)7-11-8-28(26,27)18(17(25)15(11)22-3)12-5-6-13(19)16(14(12)20)23(4)10(2)24/h5-7,25H,3,8H2,1-2,4H3/b9-7+. The van der Waals surface area contributed by atoms with Gasteiger partial charge in [-0.3, -0.25) is 9.79 Å². The molecule has 0 aliphatic carbocycles. The van der Waals surface area contributed by atoms with Crippen LogP contribution in [-0.2, 0) is 14.6 Å². The zero-order valence-corrected chi connectivity index (χ0v) is 17.6. The van der Waals surface area contributed by atoms with Crippen LogP contribution in [0.25, 0.3) is 4.91 Å². The number of amides is 1. The molecule has 1 aromatic rings. The van der Waals surface area contributed by atoms with Gasteiger partial charge in [0.25, 0.3) is 0 Å². The highest BCUT2D eigenvalue weighted by molar-refractivity contribution is 8.00. The van der Waals surface area contributed by atoms with E-state index in [9.17, 15) is 22.7 Å². The molecule has 0 fully saturated rings. The van der Waals surface area contributed by atoms with Crippen LogP contribution in [-0.4, -0.2) is 38.9 Å². The predicted octanol–water partition coefficient (Wildman–Crippen LogP) is 4.46. The van der Waals surface area contributed by atoms with Crippen molar-refractivity contribution in [1.29, 1.82) is 0 Å². The summed E-state index contributed by atoms with van der Waals surface area (Å²) in [4.78, 5) is 16.0. The van der Waals surface area contributed by atoms with Crippen molar-refractivity contribution in [1.82, 2.24) is 0 Å². The number of aliphatic hydroxyl groups excluding tert-OH is 1. The number of sulfone groups is 1. The molecule has 0 bridgehead atoms. The molecule has 1 aliphatic rings. The Hall–Kier alpha value is -2.16. The van der Waals surface area contributed by atoms with Crippen molar-refractivity contribution in [2.24, 2.45) is 4.99 Å². The summed E-state index contributed by atoms with van der Waals surface area (Å²) in [5, 5.41) is 10.6. The Bertz CT molecular complexity index is 1070. The van der Waals surface area contributed by atoms with Crippen LogP contribution >= 0.6 is 23.2 Å². The number of aliphatic imine (C=N–C) groups is 1. The third-order valence-electron chi connectivity index (χ3n) is 4.05. The van der Waals surface area contributed by atoms with Crippen LogP contribution in [0, 0.1) is 0 Å². The van der Waals surface area contributed by atoms with Crippen LogP contribution in [0.1, 0.15) is 19.4 Å². The molecule has 1 N–H and O–H groups in total. The molecule has 6 nitrogen and oxygen atoms in total. The highest BCUT2D eigenvalue weighted by Crippen LogP contribution is 2.44. The van der Waals surface area contributed by atoms with Crippen molar-refractivity contribution < 1.29 is 22.7 Å². The van der Waals surface area contributed by atoms with E-state index in [1.54, 1.807) is 0 Å². The van der Waals surface area contributed by atoms with E-state index < -0.39 is 32.1 Å². The normalized spacial score (nSPS) is 17.0. The number of rotatable bonds is 4. The largest absolute Gasteiger partial charge is 0.504 e. The fraction of sp³-hybridized carbons (Fsp3) is 0.222. The van der Waals surface area contributed by atoms with Gasteiger partial charge in [-0.1, -0.05) is 29.3 Å². The Morgan fingerprint density at radius 3 is 2.46 bits per heavy atom. The lowest BCUT2D eigenvalue weighted by Crippen LogP contribution is -2.24. The summed E-state index contributed by atoms with van der Waals surface area (Å²) >= 11 is 12.5. The zero-order valence-electron chi connectivity index (χ0n) is 15.3. The van der Waals surface area contributed by atoms with Gasteiger partial charge in [-0.15, -0.1) is 0 Å². The minimum absolute atomic E-state index is 0.0394. The van der Waals surface area contributed by atoms with Crippen LogP contribution in [0.4, 0.5) is 10.1 Å². The smallest absolute Gasteiger partial charge is 0.223 e. The van der Waals surface area contributed by atoms with Crippen LogP contribution < -0.4 is 4.90 Å². The van der Waals surface area contributed by atoms with Crippen LogP contribution in [0.2, 0.25) is 10.0 Å². The van der Waals surface area contributed by atoms with E-state index in [4.69, 9.17) is 23.2 Å². The molecule has 10 heteroatoms. The lowest BCUT2D eigenvalue weighted by atomic mass is 10.1. The lowest BCUT2D eigenvalue weighted by molar-refractivity contribution is -0.116. The van der Waals surface area contributed by atoms with Gasteiger partial charge >= 0.3 is 0 Å². The molecule has 0 spiro atoms. The number of hydrogen-bond donors (Lipinski definition) is 1. The van der Waals surface area contributed by atoms with Gasteiger partial charge in [0.05, 0.1) is 27.3 Å². The summed E-state index contributed by atoms with van der Waals surface area (Å²) in [6.07, 6.45) is 0.965. The van der Waals surface area contributed by atoms with Crippen LogP contribution in [0.15, 0.2) is 46.1 Å². The van der Waals surface area contributed by atoms with Crippen molar-refractivity contribution in [3.05, 3.63) is 56.7 Å². The Labute approximate surface area is 172 Å². The topological polar surface area (TPSA) is 87.0 Å². The minimum Gasteiger partial charge on any atom is -0.504 e. The van der Waals surface area contributed by atoms with Gasteiger partial charge < -0.3 is 10.0 Å². The zero-order chi connectivity index (χ0) is 21.4. The van der Waals surface area contributed by atoms with Gasteiger partial charge in [0.1, 0.15) is 10.6 Å². The summed E-state index contributed by atoms with van der Waals surface area (Å²) in [5.41, 5.74) is -0.184. The number of halogens is 3. The van der Waals surface area contributed by atoms with E-state index >= 15 is 0 Å². The van der Waals surface area contributed by atoms with Crippen molar-refractivity contribution in [2.75, 3.05) is 17.7 Å². The minimum atomic E-state index is -4.12. The van der Waals surface area contributed by atoms with E-state index in [-0.39, 0.29) is 38.5 Å². The fourth-order valence-electron chi connectivity index (χ4n) is 2.76. The van der Waals surface area contributed by atoms with E-state index in [1.165, 1.54) is 26.1 Å². The third-order valence-corrected chi connectivity index (χ3v) is 6.46. The number of allylic oxidation sites excluding steroid dienone is 2. The molecule has 150 valence electrons. The summed E-state index contributed by atoms with van der Waals surface area (Å²) in [7, 11) is -2.70. The van der Waals surface area contributed by atoms with Crippen molar-refractivity contribution in [3.63, 3.8) is 0 Å². The van der Waals surface area contributed by atoms with Gasteiger partial charge in [-0.25, -0.2) is 12.8 Å². The summed E-state index contributed by atoms with van der Waals surface area (Å²) < 4.78 is 39.0. The fourth-order valence-corrected chi connectivity index (χ4v) is 5.20. The molecule has 0 aromatic heterocycles. The van der Waals surface area contributed by atoms with Crippen molar-refractivity contribution in [3.8, 4) is 0 Å². The van der Waals surface area contributed by atoms with Gasteiger partial charge in [0.2, 0.25) is 5.91 Å². The number of carbonyl (C=O) groups excluding carboxylic acids is 1. The van der Waals surface area contributed by atoms with Crippen molar-refractivity contribution in [2.45, 2.75) is 13.8 Å². The molecule has 0 unspecified atom stereocenters. The number of hydrogen-bond acceptors (Lipinski definition) is 5. The van der Waals surface area contributed by atoms with Gasteiger partial charge in [0.15, 0.2) is 15.6 Å². The van der Waals surface area contributed by atoms with Crippen LogP contribution in [0.5, 0.6) is 0 Å². The number of benzene rings is 1. The van der Waals surface area contributed by atoms with Gasteiger partial charge in [-0.2, -0.15) is 0 Å². The maximum atomic E-state index is 13.3. The summed E-state index contributed by atoms with van der Waals surface area (Å²) in [6, 6.07) is 2.67. The molecular weight excluding hydrogens is 430 g/mol. The first kappa shape index (κ1) is 22.1. The molecule has 28 heavy (non-hydrogen) atoms. The average Bonchev–Trinajstić information content (AvgIpc) is 2.55. The highest BCUT2D eigenvalue weighted by atomic mass is 35.5. The Morgan fingerprint density at radius 1 is 1.36 bits per heavy atom. The van der Waals surface area contributed by atoms with E-state index in [0.29, 0.717) is 0 Å². The third kappa shape index (κ3) is 3.99. The Kier molecular flexibility index (Phi) is 6.37. The summed E-state index contributed by atoms with van der Waals surface area (Å²) in [5.74, 6) is -2.37. The predicted molar refractivity (Wildman–Crippen MR) is 110 cm³/mol. The monoisotopic (exact) mass is 446 g/mol.